The summed E-state index contributed by atoms with van der Waals surface area (Å²) in [4.78, 5) is 6.87. The van der Waals surface area contributed by atoms with Gasteiger partial charge in [-0.15, -0.1) is 0 Å². The second-order valence-electron chi connectivity index (χ2n) is 4.39. The molecule has 1 aromatic rings. The first-order valence-electron chi connectivity index (χ1n) is 5.29. The molecule has 0 saturated heterocycles. The van der Waals surface area contributed by atoms with E-state index in [0.29, 0.717) is 5.54 Å². The lowest BCUT2D eigenvalue weighted by Gasteiger charge is -2.34. The average molecular weight is 192 g/mol. The van der Waals surface area contributed by atoms with Crippen molar-refractivity contribution in [2.75, 3.05) is 13.1 Å². The minimum atomic E-state index is 0.331. The van der Waals surface area contributed by atoms with Gasteiger partial charge in [0.15, 0.2) is 0 Å². The van der Waals surface area contributed by atoms with Crippen molar-refractivity contribution in [3.8, 4) is 0 Å². The summed E-state index contributed by atoms with van der Waals surface area (Å²) < 4.78 is 2.24. The lowest BCUT2D eigenvalue weighted by atomic mass is 10.2. The van der Waals surface area contributed by atoms with Gasteiger partial charge < -0.3 is 10.3 Å². The third kappa shape index (κ3) is 1.11. The second kappa shape index (κ2) is 2.81. The number of nitrogens with zero attached hydrogens (tertiary/aromatic N) is 3. The molecule has 1 aliphatic heterocycles. The number of fused-ring (bicyclic) bond motifs is 1. The molecule has 0 amide bonds. The van der Waals surface area contributed by atoms with Crippen molar-refractivity contribution < 1.29 is 0 Å². The smallest absolute Gasteiger partial charge is 0.122 e. The Kier molecular flexibility index (Phi) is 1.69. The summed E-state index contributed by atoms with van der Waals surface area (Å²) in [6.45, 7) is 3.97. The third-order valence-electron chi connectivity index (χ3n) is 3.62. The minimum absolute atomic E-state index is 0.331. The zero-order valence-electron chi connectivity index (χ0n) is 8.32. The lowest BCUT2D eigenvalue weighted by molar-refractivity contribution is 0.139. The molecule has 0 spiro atoms. The van der Waals surface area contributed by atoms with Crippen molar-refractivity contribution in [1.29, 1.82) is 0 Å². The van der Waals surface area contributed by atoms with Crippen LogP contribution in [0.1, 0.15) is 18.7 Å². The van der Waals surface area contributed by atoms with Gasteiger partial charge in [-0.25, -0.2) is 4.98 Å². The Balaban J connectivity index is 1.81. The standard InChI is InChI=1S/C10H16N4/c11-8-10(1-2-10)14-6-5-13-4-3-12-9(13)7-14/h3-4H,1-2,5-8,11H2. The van der Waals surface area contributed by atoms with E-state index < -0.39 is 0 Å². The maximum Gasteiger partial charge on any atom is 0.122 e. The van der Waals surface area contributed by atoms with Gasteiger partial charge in [0.1, 0.15) is 5.82 Å². The van der Waals surface area contributed by atoms with Crippen molar-refractivity contribution in [2.24, 2.45) is 5.73 Å². The molecule has 2 aliphatic rings. The molecule has 1 saturated carbocycles. The van der Waals surface area contributed by atoms with Crippen LogP contribution in [-0.4, -0.2) is 33.1 Å². The van der Waals surface area contributed by atoms with Crippen molar-refractivity contribution in [1.82, 2.24) is 14.5 Å². The van der Waals surface area contributed by atoms with Gasteiger partial charge in [-0.1, -0.05) is 0 Å². The summed E-state index contributed by atoms with van der Waals surface area (Å²) in [5, 5.41) is 0. The molecule has 2 heterocycles. The van der Waals surface area contributed by atoms with Crippen LogP contribution in [0.2, 0.25) is 0 Å². The molecule has 1 aromatic heterocycles. The zero-order chi connectivity index (χ0) is 9.60. The molecule has 0 aromatic carbocycles. The maximum absolute atomic E-state index is 5.83. The van der Waals surface area contributed by atoms with Crippen LogP contribution in [0.25, 0.3) is 0 Å². The number of nitrogens with two attached hydrogens (primary N) is 1. The molecule has 4 nitrogen and oxygen atoms in total. The highest BCUT2D eigenvalue weighted by Gasteiger charge is 2.47. The predicted octanol–water partition coefficient (Wildman–Crippen LogP) is 0.190. The highest BCUT2D eigenvalue weighted by atomic mass is 15.3. The van der Waals surface area contributed by atoms with Crippen LogP contribution in [-0.2, 0) is 13.1 Å². The molecule has 14 heavy (non-hydrogen) atoms. The first kappa shape index (κ1) is 8.44. The van der Waals surface area contributed by atoms with Crippen LogP contribution in [0.4, 0.5) is 0 Å². The predicted molar refractivity (Wildman–Crippen MR) is 53.7 cm³/mol. The summed E-state index contributed by atoms with van der Waals surface area (Å²) >= 11 is 0. The number of imidazole rings is 1. The fraction of sp³-hybridized carbons (Fsp3) is 0.700. The van der Waals surface area contributed by atoms with Crippen molar-refractivity contribution in [2.45, 2.75) is 31.5 Å². The van der Waals surface area contributed by atoms with E-state index in [1.807, 2.05) is 6.20 Å². The number of hydrogen-bond acceptors (Lipinski definition) is 3. The maximum atomic E-state index is 5.83. The molecular weight excluding hydrogens is 176 g/mol. The quantitative estimate of drug-likeness (QED) is 0.727. The topological polar surface area (TPSA) is 47.1 Å². The monoisotopic (exact) mass is 192 g/mol. The Hall–Kier alpha value is -0.870. The molecule has 76 valence electrons. The van der Waals surface area contributed by atoms with E-state index >= 15 is 0 Å². The van der Waals surface area contributed by atoms with Crippen molar-refractivity contribution >= 4 is 0 Å². The van der Waals surface area contributed by atoms with Crippen LogP contribution < -0.4 is 5.73 Å². The van der Waals surface area contributed by atoms with E-state index in [2.05, 4.69) is 20.6 Å². The number of hydrogen-bond donors (Lipinski definition) is 1. The fourth-order valence-corrected chi connectivity index (χ4v) is 2.37. The molecule has 1 aliphatic carbocycles. The Morgan fingerprint density at radius 3 is 3.00 bits per heavy atom. The normalized spacial score (nSPS) is 24.6. The summed E-state index contributed by atoms with van der Waals surface area (Å²) in [5.74, 6) is 1.19. The lowest BCUT2D eigenvalue weighted by Crippen LogP contribution is -2.46. The van der Waals surface area contributed by atoms with E-state index in [1.54, 1.807) is 0 Å². The van der Waals surface area contributed by atoms with E-state index in [-0.39, 0.29) is 0 Å². The summed E-state index contributed by atoms with van der Waals surface area (Å²) in [6.07, 6.45) is 6.49. The Morgan fingerprint density at radius 2 is 2.29 bits per heavy atom. The van der Waals surface area contributed by atoms with Gasteiger partial charge in [-0.2, -0.15) is 0 Å². The SMILES string of the molecule is NCC1(N2CCn3ccnc3C2)CC1. The first-order valence-corrected chi connectivity index (χ1v) is 5.29. The minimum Gasteiger partial charge on any atom is -0.333 e. The van der Waals surface area contributed by atoms with Crippen LogP contribution in [0.15, 0.2) is 12.4 Å². The third-order valence-corrected chi connectivity index (χ3v) is 3.62. The molecule has 3 rings (SSSR count). The van der Waals surface area contributed by atoms with E-state index in [4.69, 9.17) is 5.73 Å². The van der Waals surface area contributed by atoms with E-state index in [0.717, 1.165) is 26.2 Å². The highest BCUT2D eigenvalue weighted by molar-refractivity contribution is 5.08. The van der Waals surface area contributed by atoms with Gasteiger partial charge in [0.2, 0.25) is 0 Å². The fourth-order valence-electron chi connectivity index (χ4n) is 2.37. The van der Waals surface area contributed by atoms with E-state index in [1.165, 1.54) is 18.7 Å². The molecule has 0 unspecified atom stereocenters. The molecule has 0 radical (unpaired) electrons. The van der Waals surface area contributed by atoms with Crippen molar-refractivity contribution in [3.05, 3.63) is 18.2 Å². The molecule has 2 N–H and O–H groups in total. The summed E-state index contributed by atoms with van der Waals surface area (Å²) in [5.41, 5.74) is 6.16. The van der Waals surface area contributed by atoms with Crippen molar-refractivity contribution in [3.63, 3.8) is 0 Å². The van der Waals surface area contributed by atoms with E-state index in [9.17, 15) is 0 Å². The highest BCUT2D eigenvalue weighted by Crippen LogP contribution is 2.42. The Morgan fingerprint density at radius 1 is 1.43 bits per heavy atom. The number of rotatable bonds is 2. The summed E-state index contributed by atoms with van der Waals surface area (Å²) in [7, 11) is 0. The second-order valence-corrected chi connectivity index (χ2v) is 4.39. The van der Waals surface area contributed by atoms with Gasteiger partial charge >= 0.3 is 0 Å². The van der Waals surface area contributed by atoms with Gasteiger partial charge in [-0.05, 0) is 12.8 Å². The van der Waals surface area contributed by atoms with Gasteiger partial charge in [-0.3, -0.25) is 4.90 Å². The van der Waals surface area contributed by atoms with Crippen LogP contribution >= 0.6 is 0 Å². The first-order chi connectivity index (χ1) is 6.84. The van der Waals surface area contributed by atoms with Crippen LogP contribution in [0, 0.1) is 0 Å². The largest absolute Gasteiger partial charge is 0.333 e. The van der Waals surface area contributed by atoms with Crippen LogP contribution in [0.5, 0.6) is 0 Å². The molecule has 4 heteroatoms. The number of aromatic nitrogens is 2. The van der Waals surface area contributed by atoms with Gasteiger partial charge in [0, 0.05) is 37.6 Å². The van der Waals surface area contributed by atoms with Gasteiger partial charge in [0.25, 0.3) is 0 Å². The average Bonchev–Trinajstić information content (AvgIpc) is 2.89. The molecular formula is C10H16N4. The Bertz CT molecular complexity index is 340. The Labute approximate surface area is 83.7 Å². The van der Waals surface area contributed by atoms with Gasteiger partial charge in [0.05, 0.1) is 6.54 Å². The molecule has 0 atom stereocenters. The summed E-state index contributed by atoms with van der Waals surface area (Å²) in [6, 6.07) is 0. The molecule has 0 bridgehead atoms. The zero-order valence-corrected chi connectivity index (χ0v) is 8.32. The van der Waals surface area contributed by atoms with Crippen LogP contribution in [0.3, 0.4) is 0 Å². The molecule has 1 fully saturated rings.